The summed E-state index contributed by atoms with van der Waals surface area (Å²) in [6.07, 6.45) is 1.45. The van der Waals surface area contributed by atoms with Crippen molar-refractivity contribution in [2.45, 2.75) is 19.4 Å². The van der Waals surface area contributed by atoms with Crippen molar-refractivity contribution in [3.63, 3.8) is 0 Å². The van der Waals surface area contributed by atoms with Gasteiger partial charge in [-0.05, 0) is 19.3 Å². The standard InChI is InChI=1S/C6H11O/c1-5-3-4-7-6(5)2/h5-6H,2-4H2,1H3/t5-,6+/m1/s1. The van der Waals surface area contributed by atoms with Gasteiger partial charge in [0.15, 0.2) is 0 Å². The first-order chi connectivity index (χ1) is 3.30. The van der Waals surface area contributed by atoms with Gasteiger partial charge >= 0.3 is 0 Å². The molecule has 1 fully saturated rings. The Hall–Kier alpha value is -0.0400. The predicted octanol–water partition coefficient (Wildman–Crippen LogP) is 1.25. The summed E-state index contributed by atoms with van der Waals surface area (Å²) in [7, 11) is 0. The Morgan fingerprint density at radius 1 is 1.71 bits per heavy atom. The summed E-state index contributed by atoms with van der Waals surface area (Å²) in [5.74, 6) is 0.681. The topological polar surface area (TPSA) is 9.23 Å². The second kappa shape index (κ2) is 1.83. The largest absolute Gasteiger partial charge is 0.378 e. The molecular formula is C6H11O. The summed E-state index contributed by atoms with van der Waals surface area (Å²) in [6.45, 7) is 6.88. The fourth-order valence-electron chi connectivity index (χ4n) is 0.755. The summed E-state index contributed by atoms with van der Waals surface area (Å²) < 4.78 is 5.15. The van der Waals surface area contributed by atoms with Crippen LogP contribution < -0.4 is 0 Å². The van der Waals surface area contributed by atoms with E-state index in [1.165, 1.54) is 6.42 Å². The number of hydrogen-bond acceptors (Lipinski definition) is 1. The molecule has 1 saturated heterocycles. The first kappa shape index (κ1) is 5.10. The molecule has 0 aromatic carbocycles. The highest BCUT2D eigenvalue weighted by atomic mass is 16.5. The van der Waals surface area contributed by atoms with Crippen LogP contribution in [0.25, 0.3) is 0 Å². The summed E-state index contributed by atoms with van der Waals surface area (Å²) in [6, 6.07) is 0. The molecule has 0 aliphatic carbocycles. The van der Waals surface area contributed by atoms with Gasteiger partial charge in [0.2, 0.25) is 0 Å². The number of rotatable bonds is 0. The van der Waals surface area contributed by atoms with Gasteiger partial charge in [-0.25, -0.2) is 0 Å². The third-order valence-electron chi connectivity index (χ3n) is 1.54. The molecule has 1 heterocycles. The fourth-order valence-corrected chi connectivity index (χ4v) is 0.755. The van der Waals surface area contributed by atoms with E-state index in [9.17, 15) is 0 Å². The van der Waals surface area contributed by atoms with Crippen LogP contribution in [0.15, 0.2) is 0 Å². The van der Waals surface area contributed by atoms with Crippen molar-refractivity contribution >= 4 is 0 Å². The van der Waals surface area contributed by atoms with Gasteiger partial charge < -0.3 is 4.74 Å². The Kier molecular flexibility index (Phi) is 1.33. The molecule has 1 radical (unpaired) electrons. The second-order valence-electron chi connectivity index (χ2n) is 2.18. The molecule has 0 saturated carbocycles. The highest BCUT2D eigenvalue weighted by Gasteiger charge is 2.18. The average Bonchev–Trinajstić information content (AvgIpc) is 1.91. The Bertz CT molecular complexity index is 53.2. The minimum Gasteiger partial charge on any atom is -0.378 e. The Morgan fingerprint density at radius 3 is 2.57 bits per heavy atom. The minimum absolute atomic E-state index is 0.264. The van der Waals surface area contributed by atoms with Crippen LogP contribution in [-0.2, 0) is 4.74 Å². The lowest BCUT2D eigenvalue weighted by molar-refractivity contribution is 0.129. The lowest BCUT2D eigenvalue weighted by Gasteiger charge is -2.04. The van der Waals surface area contributed by atoms with Crippen LogP contribution in [0.5, 0.6) is 0 Å². The second-order valence-corrected chi connectivity index (χ2v) is 2.18. The van der Waals surface area contributed by atoms with Crippen molar-refractivity contribution in [1.29, 1.82) is 0 Å². The van der Waals surface area contributed by atoms with Crippen molar-refractivity contribution in [3.8, 4) is 0 Å². The monoisotopic (exact) mass is 99.1 g/mol. The molecule has 0 unspecified atom stereocenters. The first-order valence-electron chi connectivity index (χ1n) is 2.75. The van der Waals surface area contributed by atoms with Gasteiger partial charge in [0.05, 0.1) is 6.10 Å². The maximum absolute atomic E-state index is 5.15. The van der Waals surface area contributed by atoms with Gasteiger partial charge in [-0.2, -0.15) is 0 Å². The molecule has 0 aromatic heterocycles. The molecule has 1 rings (SSSR count). The van der Waals surface area contributed by atoms with Crippen molar-refractivity contribution in [2.24, 2.45) is 5.92 Å². The Balaban J connectivity index is 2.33. The molecule has 7 heavy (non-hydrogen) atoms. The van der Waals surface area contributed by atoms with Gasteiger partial charge in [-0.15, -0.1) is 0 Å². The quantitative estimate of drug-likeness (QED) is 0.444. The highest BCUT2D eigenvalue weighted by molar-refractivity contribution is 4.73. The van der Waals surface area contributed by atoms with Crippen molar-refractivity contribution in [1.82, 2.24) is 0 Å². The van der Waals surface area contributed by atoms with E-state index in [-0.39, 0.29) is 6.10 Å². The summed E-state index contributed by atoms with van der Waals surface area (Å²) in [5.41, 5.74) is 0. The van der Waals surface area contributed by atoms with E-state index in [4.69, 9.17) is 4.74 Å². The molecule has 0 N–H and O–H groups in total. The third-order valence-corrected chi connectivity index (χ3v) is 1.54. The normalized spacial score (nSPS) is 42.0. The maximum Gasteiger partial charge on any atom is 0.0602 e. The lowest BCUT2D eigenvalue weighted by Crippen LogP contribution is -2.06. The average molecular weight is 99.2 g/mol. The summed E-state index contributed by atoms with van der Waals surface area (Å²) in [5, 5.41) is 0. The molecule has 1 nitrogen and oxygen atoms in total. The van der Waals surface area contributed by atoms with Crippen LogP contribution in [0.2, 0.25) is 0 Å². The minimum atomic E-state index is 0.264. The van der Waals surface area contributed by atoms with Crippen LogP contribution >= 0.6 is 0 Å². The third kappa shape index (κ3) is 0.942. The molecule has 0 amide bonds. The number of ether oxygens (including phenoxy) is 1. The SMILES string of the molecule is [CH2][C@@H]1OCC[C@H]1C. The van der Waals surface area contributed by atoms with Crippen LogP contribution in [0.1, 0.15) is 13.3 Å². The van der Waals surface area contributed by atoms with Crippen molar-refractivity contribution in [2.75, 3.05) is 6.61 Å². The van der Waals surface area contributed by atoms with Crippen LogP contribution in [0.4, 0.5) is 0 Å². The maximum atomic E-state index is 5.15. The van der Waals surface area contributed by atoms with Gasteiger partial charge in [0.1, 0.15) is 0 Å². The van der Waals surface area contributed by atoms with Crippen molar-refractivity contribution < 1.29 is 4.74 Å². The zero-order chi connectivity index (χ0) is 5.28. The molecule has 0 spiro atoms. The highest BCUT2D eigenvalue weighted by Crippen LogP contribution is 2.17. The van der Waals surface area contributed by atoms with E-state index < -0.39 is 0 Å². The van der Waals surface area contributed by atoms with E-state index >= 15 is 0 Å². The molecule has 41 valence electrons. The van der Waals surface area contributed by atoms with Crippen LogP contribution in [0.3, 0.4) is 0 Å². The molecule has 2 atom stereocenters. The smallest absolute Gasteiger partial charge is 0.0602 e. The van der Waals surface area contributed by atoms with Gasteiger partial charge in [-0.3, -0.25) is 0 Å². The first-order valence-corrected chi connectivity index (χ1v) is 2.75. The van der Waals surface area contributed by atoms with E-state index in [1.54, 1.807) is 0 Å². The zero-order valence-electron chi connectivity index (χ0n) is 4.68. The van der Waals surface area contributed by atoms with Crippen LogP contribution in [0, 0.1) is 12.8 Å². The summed E-state index contributed by atoms with van der Waals surface area (Å²) in [4.78, 5) is 0. The zero-order valence-corrected chi connectivity index (χ0v) is 4.68. The number of hydrogen-bond donors (Lipinski definition) is 0. The predicted molar refractivity (Wildman–Crippen MR) is 28.9 cm³/mol. The molecule has 1 heteroatoms. The van der Waals surface area contributed by atoms with Gasteiger partial charge in [-0.1, -0.05) is 6.92 Å². The van der Waals surface area contributed by atoms with E-state index in [2.05, 4.69) is 13.8 Å². The Labute approximate surface area is 44.7 Å². The van der Waals surface area contributed by atoms with E-state index in [0.717, 1.165) is 6.61 Å². The van der Waals surface area contributed by atoms with Crippen LogP contribution in [-0.4, -0.2) is 12.7 Å². The Morgan fingerprint density at radius 2 is 2.43 bits per heavy atom. The van der Waals surface area contributed by atoms with E-state index in [0.29, 0.717) is 5.92 Å². The lowest BCUT2D eigenvalue weighted by atomic mass is 10.1. The molecule has 0 bridgehead atoms. The fraction of sp³-hybridized carbons (Fsp3) is 0.833. The van der Waals surface area contributed by atoms with Crippen molar-refractivity contribution in [3.05, 3.63) is 6.92 Å². The van der Waals surface area contributed by atoms with E-state index in [1.807, 2.05) is 0 Å². The molecular weight excluding hydrogens is 88.1 g/mol. The van der Waals surface area contributed by atoms with Gasteiger partial charge in [0.25, 0.3) is 0 Å². The molecule has 1 aliphatic heterocycles. The summed E-state index contributed by atoms with van der Waals surface area (Å²) >= 11 is 0. The molecule has 0 aromatic rings. The van der Waals surface area contributed by atoms with Gasteiger partial charge in [0, 0.05) is 6.61 Å². The molecule has 1 aliphatic rings.